The summed E-state index contributed by atoms with van der Waals surface area (Å²) in [5.74, 6) is -0.941. The lowest BCUT2D eigenvalue weighted by Gasteiger charge is -2.46. The Labute approximate surface area is 117 Å². The van der Waals surface area contributed by atoms with Crippen LogP contribution in [-0.4, -0.2) is 33.3 Å². The largest absolute Gasteiger partial charge is 0.508 e. The summed E-state index contributed by atoms with van der Waals surface area (Å²) in [5, 5.41) is 30.2. The molecule has 2 aliphatic rings. The lowest BCUT2D eigenvalue weighted by Crippen LogP contribution is -2.55. The second-order valence-corrected chi connectivity index (χ2v) is 5.81. The van der Waals surface area contributed by atoms with Crippen LogP contribution in [0.1, 0.15) is 36.5 Å². The smallest absolute Gasteiger partial charge is 0.199 e. The van der Waals surface area contributed by atoms with Crippen molar-refractivity contribution in [3.05, 3.63) is 22.8 Å². The van der Waals surface area contributed by atoms with Crippen molar-refractivity contribution >= 4 is 0 Å². The first kappa shape index (κ1) is 13.7. The second kappa shape index (κ2) is 4.62. The Morgan fingerprint density at radius 2 is 2.05 bits per heavy atom. The zero-order chi connectivity index (χ0) is 14.5. The van der Waals surface area contributed by atoms with E-state index >= 15 is 0 Å². The summed E-state index contributed by atoms with van der Waals surface area (Å²) in [4.78, 5) is 0. The first-order valence-corrected chi connectivity index (χ1v) is 6.96. The van der Waals surface area contributed by atoms with Crippen molar-refractivity contribution in [3.8, 4) is 11.5 Å². The predicted molar refractivity (Wildman–Crippen MR) is 71.5 cm³/mol. The molecule has 110 valence electrons. The molecule has 1 aromatic rings. The van der Waals surface area contributed by atoms with Crippen molar-refractivity contribution in [1.29, 1.82) is 0 Å². The lowest BCUT2D eigenvalue weighted by atomic mass is 9.87. The summed E-state index contributed by atoms with van der Waals surface area (Å²) in [6.45, 7) is 3.78. The summed E-state index contributed by atoms with van der Waals surface area (Å²) < 4.78 is 11.6. The van der Waals surface area contributed by atoms with E-state index < -0.39 is 11.9 Å². The molecule has 0 aliphatic carbocycles. The zero-order valence-corrected chi connectivity index (χ0v) is 11.7. The predicted octanol–water partition coefficient (Wildman–Crippen LogP) is 1.74. The van der Waals surface area contributed by atoms with E-state index in [1.807, 2.05) is 6.92 Å². The summed E-state index contributed by atoms with van der Waals surface area (Å²) in [7, 11) is 0. The van der Waals surface area contributed by atoms with Crippen LogP contribution in [0.2, 0.25) is 0 Å². The molecule has 3 atom stereocenters. The van der Waals surface area contributed by atoms with E-state index in [0.29, 0.717) is 24.0 Å². The average molecular weight is 280 g/mol. The van der Waals surface area contributed by atoms with Crippen molar-refractivity contribution in [2.24, 2.45) is 0 Å². The molecule has 1 fully saturated rings. The number of hydrogen-bond acceptors (Lipinski definition) is 5. The maximum Gasteiger partial charge on any atom is 0.199 e. The number of aromatic hydroxyl groups is 2. The molecule has 0 saturated carbocycles. The van der Waals surface area contributed by atoms with E-state index in [2.05, 4.69) is 0 Å². The average Bonchev–Trinajstić information content (AvgIpc) is 2.41. The maximum atomic E-state index is 10.2. The number of fused-ring (bicyclic) bond motifs is 1. The minimum absolute atomic E-state index is 0.0209. The second-order valence-electron chi connectivity index (χ2n) is 5.81. The van der Waals surface area contributed by atoms with Crippen LogP contribution >= 0.6 is 0 Å². The number of benzene rings is 1. The van der Waals surface area contributed by atoms with Gasteiger partial charge < -0.3 is 24.8 Å². The number of aliphatic hydroxyl groups is 1. The standard InChI is InChI=1S/C15H20O5/c1-8-3-4-13(17)15(20-8)6-10-5-12(16)9(2)14(18)11(10)7-19-15/h5,8,13,16-18H,3-4,6-7H2,1-2H3/t8-,13-,15-/m0/s1. The minimum Gasteiger partial charge on any atom is -0.508 e. The topological polar surface area (TPSA) is 79.2 Å². The van der Waals surface area contributed by atoms with Gasteiger partial charge in [0.15, 0.2) is 5.79 Å². The quantitative estimate of drug-likeness (QED) is 0.674. The highest BCUT2D eigenvalue weighted by atomic mass is 16.7. The van der Waals surface area contributed by atoms with Gasteiger partial charge in [-0.25, -0.2) is 0 Å². The molecule has 3 rings (SSSR count). The molecule has 0 unspecified atom stereocenters. The monoisotopic (exact) mass is 280 g/mol. The number of aliphatic hydroxyl groups excluding tert-OH is 1. The molecular weight excluding hydrogens is 260 g/mol. The molecule has 0 aromatic heterocycles. The summed E-state index contributed by atoms with van der Waals surface area (Å²) in [6.07, 6.45) is 1.07. The van der Waals surface area contributed by atoms with E-state index in [-0.39, 0.29) is 24.2 Å². The van der Waals surface area contributed by atoms with Gasteiger partial charge in [-0.15, -0.1) is 0 Å². The molecule has 0 bridgehead atoms. The zero-order valence-electron chi connectivity index (χ0n) is 11.7. The summed E-state index contributed by atoms with van der Waals surface area (Å²) in [5.41, 5.74) is 1.88. The molecule has 5 heteroatoms. The fourth-order valence-corrected chi connectivity index (χ4v) is 3.07. The molecule has 3 N–H and O–H groups in total. The van der Waals surface area contributed by atoms with Gasteiger partial charge in [-0.3, -0.25) is 0 Å². The first-order valence-electron chi connectivity index (χ1n) is 6.96. The van der Waals surface area contributed by atoms with Gasteiger partial charge in [-0.1, -0.05) is 0 Å². The Balaban J connectivity index is 1.99. The van der Waals surface area contributed by atoms with Crippen molar-refractivity contribution in [3.63, 3.8) is 0 Å². The number of ether oxygens (including phenoxy) is 2. The van der Waals surface area contributed by atoms with Crippen LogP contribution in [0.5, 0.6) is 11.5 Å². The van der Waals surface area contributed by atoms with Crippen LogP contribution < -0.4 is 0 Å². The SMILES string of the molecule is Cc1c(O)cc2c(c1O)CO[C@@]1(C2)O[C@@H](C)CC[C@@H]1O. The molecule has 5 nitrogen and oxygen atoms in total. The van der Waals surface area contributed by atoms with E-state index in [4.69, 9.17) is 9.47 Å². The molecule has 0 amide bonds. The van der Waals surface area contributed by atoms with Crippen molar-refractivity contribution in [2.45, 2.75) is 57.7 Å². The van der Waals surface area contributed by atoms with E-state index in [1.165, 1.54) is 0 Å². The van der Waals surface area contributed by atoms with Crippen molar-refractivity contribution in [2.75, 3.05) is 0 Å². The summed E-state index contributed by atoms with van der Waals surface area (Å²) in [6, 6.07) is 1.63. The molecular formula is C15H20O5. The molecule has 1 aromatic carbocycles. The Morgan fingerprint density at radius 1 is 1.30 bits per heavy atom. The Bertz CT molecular complexity index is 542. The van der Waals surface area contributed by atoms with E-state index in [9.17, 15) is 15.3 Å². The third-order valence-electron chi connectivity index (χ3n) is 4.38. The van der Waals surface area contributed by atoms with Gasteiger partial charge in [0.2, 0.25) is 0 Å². The molecule has 1 saturated heterocycles. The summed E-state index contributed by atoms with van der Waals surface area (Å²) >= 11 is 0. The van der Waals surface area contributed by atoms with Crippen LogP contribution in [0.4, 0.5) is 0 Å². The third-order valence-corrected chi connectivity index (χ3v) is 4.38. The van der Waals surface area contributed by atoms with Crippen LogP contribution in [0.25, 0.3) is 0 Å². The normalized spacial score (nSPS) is 33.1. The highest BCUT2D eigenvalue weighted by Crippen LogP contribution is 2.43. The molecule has 0 radical (unpaired) electrons. The van der Waals surface area contributed by atoms with E-state index in [0.717, 1.165) is 12.0 Å². The number of phenols is 2. The van der Waals surface area contributed by atoms with Crippen LogP contribution in [0, 0.1) is 6.92 Å². The fraction of sp³-hybridized carbons (Fsp3) is 0.600. The van der Waals surface area contributed by atoms with E-state index in [1.54, 1.807) is 13.0 Å². The molecule has 2 heterocycles. The Morgan fingerprint density at radius 3 is 2.80 bits per heavy atom. The van der Waals surface area contributed by atoms with Crippen molar-refractivity contribution in [1.82, 2.24) is 0 Å². The van der Waals surface area contributed by atoms with Gasteiger partial charge in [-0.2, -0.15) is 0 Å². The lowest BCUT2D eigenvalue weighted by molar-refractivity contribution is -0.327. The van der Waals surface area contributed by atoms with Crippen LogP contribution in [-0.2, 0) is 22.5 Å². The first-order chi connectivity index (χ1) is 9.43. The number of hydrogen-bond donors (Lipinski definition) is 3. The van der Waals surface area contributed by atoms with Gasteiger partial charge >= 0.3 is 0 Å². The fourth-order valence-electron chi connectivity index (χ4n) is 3.07. The number of phenolic OH excluding ortho intramolecular Hbond substituents is 2. The molecule has 20 heavy (non-hydrogen) atoms. The maximum absolute atomic E-state index is 10.2. The van der Waals surface area contributed by atoms with Crippen LogP contribution in [0.3, 0.4) is 0 Å². The van der Waals surface area contributed by atoms with Crippen LogP contribution in [0.15, 0.2) is 6.07 Å². The highest BCUT2D eigenvalue weighted by molar-refractivity contribution is 5.53. The van der Waals surface area contributed by atoms with Gasteiger partial charge in [-0.05, 0) is 38.3 Å². The minimum atomic E-state index is -1.06. The highest BCUT2D eigenvalue weighted by Gasteiger charge is 2.47. The van der Waals surface area contributed by atoms with Gasteiger partial charge in [0.25, 0.3) is 0 Å². The third kappa shape index (κ3) is 1.97. The van der Waals surface area contributed by atoms with Crippen molar-refractivity contribution < 1.29 is 24.8 Å². The molecule has 1 spiro atoms. The Hall–Kier alpha value is -1.30. The van der Waals surface area contributed by atoms with Gasteiger partial charge in [0, 0.05) is 17.5 Å². The molecule has 2 aliphatic heterocycles. The van der Waals surface area contributed by atoms with Gasteiger partial charge in [0.05, 0.1) is 12.7 Å². The van der Waals surface area contributed by atoms with Gasteiger partial charge in [0.1, 0.15) is 17.6 Å². The Kier molecular flexibility index (Phi) is 3.16. The number of rotatable bonds is 0.